The molecule has 0 aliphatic rings. The van der Waals surface area contributed by atoms with Crippen LogP contribution >= 0.6 is 0 Å². The van der Waals surface area contributed by atoms with Crippen molar-refractivity contribution in [2.75, 3.05) is 5.75 Å². The zero-order chi connectivity index (χ0) is 16.1. The minimum Gasteiger partial charge on any atom is -0.333 e. The van der Waals surface area contributed by atoms with Gasteiger partial charge in [0.25, 0.3) is 0 Å². The summed E-state index contributed by atoms with van der Waals surface area (Å²) in [6.07, 6.45) is 0. The fourth-order valence-corrected chi connectivity index (χ4v) is 2.89. The number of carbonyl (C=O) groups is 2. The Bertz CT molecular complexity index is 604. The quantitative estimate of drug-likeness (QED) is 0.874. The third-order valence-electron chi connectivity index (χ3n) is 2.32. The monoisotopic (exact) mass is 312 g/mol. The van der Waals surface area contributed by atoms with Gasteiger partial charge in [-0.3, -0.25) is 10.1 Å². The fraction of sp³-hybridized carbons (Fsp3) is 0.429. The molecule has 1 aromatic carbocycles. The molecule has 0 heterocycles. The largest absolute Gasteiger partial charge is 0.333 e. The molecule has 0 radical (unpaired) electrons. The molecule has 0 saturated carbocycles. The van der Waals surface area contributed by atoms with Crippen molar-refractivity contribution in [1.82, 2.24) is 10.6 Å². The lowest BCUT2D eigenvalue weighted by Gasteiger charge is -2.20. The summed E-state index contributed by atoms with van der Waals surface area (Å²) >= 11 is 0. The summed E-state index contributed by atoms with van der Waals surface area (Å²) in [5.74, 6) is -1.80. The zero-order valence-electron chi connectivity index (χ0n) is 12.3. The Hall–Kier alpha value is -1.89. The standard InChI is InChI=1S/C14H20N2O4S/c1-14(2,3)16-13(18)15-12(17)10-21(19,20)9-11-7-5-4-6-8-11/h4-8H,9-10H2,1-3H3,(H2,15,16,17,18). The molecule has 2 N–H and O–H groups in total. The van der Waals surface area contributed by atoms with Crippen LogP contribution in [0, 0.1) is 0 Å². The maximum atomic E-state index is 11.9. The molecule has 1 aromatic rings. The summed E-state index contributed by atoms with van der Waals surface area (Å²) in [5.41, 5.74) is 0.0947. The molecular weight excluding hydrogens is 292 g/mol. The van der Waals surface area contributed by atoms with Gasteiger partial charge < -0.3 is 5.32 Å². The first-order valence-electron chi connectivity index (χ1n) is 6.44. The predicted octanol–water partition coefficient (Wildman–Crippen LogP) is 1.23. The van der Waals surface area contributed by atoms with Gasteiger partial charge in [-0.1, -0.05) is 30.3 Å². The second-order valence-corrected chi connectivity index (χ2v) is 7.83. The third kappa shape index (κ3) is 7.45. The molecule has 0 fully saturated rings. The van der Waals surface area contributed by atoms with E-state index in [0.717, 1.165) is 0 Å². The molecule has 116 valence electrons. The lowest BCUT2D eigenvalue weighted by Crippen LogP contribution is -2.49. The minimum atomic E-state index is -3.62. The first kappa shape index (κ1) is 17.2. The van der Waals surface area contributed by atoms with Crippen LogP contribution in [0.4, 0.5) is 4.79 Å². The predicted molar refractivity (Wildman–Crippen MR) is 80.4 cm³/mol. The smallest absolute Gasteiger partial charge is 0.321 e. The highest BCUT2D eigenvalue weighted by Gasteiger charge is 2.21. The van der Waals surface area contributed by atoms with E-state index in [1.54, 1.807) is 51.1 Å². The van der Waals surface area contributed by atoms with E-state index in [1.165, 1.54) is 0 Å². The Labute approximate surface area is 124 Å². The second-order valence-electron chi connectivity index (χ2n) is 5.77. The molecule has 0 saturated heterocycles. The lowest BCUT2D eigenvalue weighted by atomic mass is 10.1. The number of urea groups is 1. The van der Waals surface area contributed by atoms with Crippen LogP contribution in [0.3, 0.4) is 0 Å². The van der Waals surface area contributed by atoms with Crippen molar-refractivity contribution in [3.05, 3.63) is 35.9 Å². The van der Waals surface area contributed by atoms with Gasteiger partial charge in [-0.2, -0.15) is 0 Å². The van der Waals surface area contributed by atoms with Crippen molar-refractivity contribution < 1.29 is 18.0 Å². The number of benzene rings is 1. The highest BCUT2D eigenvalue weighted by Crippen LogP contribution is 2.06. The molecule has 6 nitrogen and oxygen atoms in total. The van der Waals surface area contributed by atoms with Crippen LogP contribution in [0.15, 0.2) is 30.3 Å². The average Bonchev–Trinajstić information content (AvgIpc) is 2.25. The van der Waals surface area contributed by atoms with Gasteiger partial charge in [0.15, 0.2) is 9.84 Å². The molecule has 0 aliphatic carbocycles. The molecule has 0 atom stereocenters. The van der Waals surface area contributed by atoms with Crippen LogP contribution < -0.4 is 10.6 Å². The van der Waals surface area contributed by atoms with Crippen molar-refractivity contribution in [1.29, 1.82) is 0 Å². The van der Waals surface area contributed by atoms with Gasteiger partial charge >= 0.3 is 6.03 Å². The molecule has 0 bridgehead atoms. The number of hydrogen-bond donors (Lipinski definition) is 2. The van der Waals surface area contributed by atoms with Crippen LogP contribution in [0.5, 0.6) is 0 Å². The summed E-state index contributed by atoms with van der Waals surface area (Å²) in [7, 11) is -3.62. The Morgan fingerprint density at radius 1 is 1.10 bits per heavy atom. The molecule has 1 rings (SSSR count). The number of hydrogen-bond acceptors (Lipinski definition) is 4. The van der Waals surface area contributed by atoms with Crippen LogP contribution in [0.2, 0.25) is 0 Å². The summed E-state index contributed by atoms with van der Waals surface area (Å²) in [6.45, 7) is 5.26. The SMILES string of the molecule is CC(C)(C)NC(=O)NC(=O)CS(=O)(=O)Cc1ccccc1. The molecule has 0 unspecified atom stereocenters. The number of amides is 3. The van der Waals surface area contributed by atoms with E-state index in [1.807, 2.05) is 5.32 Å². The van der Waals surface area contributed by atoms with Crippen molar-refractivity contribution in [3.8, 4) is 0 Å². The van der Waals surface area contributed by atoms with Crippen LogP contribution in [0.25, 0.3) is 0 Å². The molecule has 0 aromatic heterocycles. The topological polar surface area (TPSA) is 92.3 Å². The summed E-state index contributed by atoms with van der Waals surface area (Å²) in [6, 6.07) is 7.86. The van der Waals surface area contributed by atoms with Gasteiger partial charge in [0.1, 0.15) is 5.75 Å². The Kier molecular flexibility index (Phi) is 5.48. The average molecular weight is 312 g/mol. The van der Waals surface area contributed by atoms with E-state index in [-0.39, 0.29) is 5.75 Å². The molecule has 7 heteroatoms. The maximum Gasteiger partial charge on any atom is 0.321 e. The molecule has 0 spiro atoms. The number of sulfone groups is 1. The maximum absolute atomic E-state index is 11.9. The van der Waals surface area contributed by atoms with Crippen molar-refractivity contribution in [2.24, 2.45) is 0 Å². The van der Waals surface area contributed by atoms with E-state index in [2.05, 4.69) is 5.32 Å². The lowest BCUT2D eigenvalue weighted by molar-refractivity contribution is -0.117. The number of nitrogens with one attached hydrogen (secondary N) is 2. The first-order chi connectivity index (χ1) is 9.57. The molecule has 21 heavy (non-hydrogen) atoms. The second kappa shape index (κ2) is 6.71. The molecular formula is C14H20N2O4S. The minimum absolute atomic E-state index is 0.234. The first-order valence-corrected chi connectivity index (χ1v) is 8.26. The highest BCUT2D eigenvalue weighted by molar-refractivity contribution is 7.91. The van der Waals surface area contributed by atoms with Crippen LogP contribution in [0.1, 0.15) is 26.3 Å². The highest BCUT2D eigenvalue weighted by atomic mass is 32.2. The fourth-order valence-electron chi connectivity index (χ4n) is 1.61. The number of imide groups is 1. The Balaban J connectivity index is 2.56. The van der Waals surface area contributed by atoms with Gasteiger partial charge in [-0.25, -0.2) is 13.2 Å². The van der Waals surface area contributed by atoms with Gasteiger partial charge in [-0.15, -0.1) is 0 Å². The van der Waals surface area contributed by atoms with Crippen molar-refractivity contribution in [3.63, 3.8) is 0 Å². The Morgan fingerprint density at radius 3 is 2.19 bits per heavy atom. The normalized spacial score (nSPS) is 11.8. The van der Waals surface area contributed by atoms with Gasteiger partial charge in [0, 0.05) is 5.54 Å². The van der Waals surface area contributed by atoms with E-state index in [0.29, 0.717) is 5.56 Å². The number of carbonyl (C=O) groups excluding carboxylic acids is 2. The summed E-state index contributed by atoms with van der Waals surface area (Å²) < 4.78 is 23.8. The zero-order valence-corrected chi connectivity index (χ0v) is 13.2. The van der Waals surface area contributed by atoms with E-state index in [9.17, 15) is 18.0 Å². The van der Waals surface area contributed by atoms with Gasteiger partial charge in [0.05, 0.1) is 5.75 Å². The number of rotatable bonds is 4. The summed E-state index contributed by atoms with van der Waals surface area (Å²) in [5, 5.41) is 4.53. The van der Waals surface area contributed by atoms with E-state index in [4.69, 9.17) is 0 Å². The molecule has 3 amide bonds. The summed E-state index contributed by atoms with van der Waals surface area (Å²) in [4.78, 5) is 23.1. The Morgan fingerprint density at radius 2 is 1.67 bits per heavy atom. The van der Waals surface area contributed by atoms with E-state index < -0.39 is 33.1 Å². The van der Waals surface area contributed by atoms with Crippen LogP contribution in [-0.4, -0.2) is 31.6 Å². The van der Waals surface area contributed by atoms with Crippen molar-refractivity contribution in [2.45, 2.75) is 32.1 Å². The van der Waals surface area contributed by atoms with Gasteiger partial charge in [0.2, 0.25) is 5.91 Å². The van der Waals surface area contributed by atoms with Gasteiger partial charge in [-0.05, 0) is 26.3 Å². The van der Waals surface area contributed by atoms with Crippen LogP contribution in [-0.2, 0) is 20.4 Å². The third-order valence-corrected chi connectivity index (χ3v) is 3.80. The molecule has 0 aliphatic heterocycles. The van der Waals surface area contributed by atoms with E-state index >= 15 is 0 Å². The van der Waals surface area contributed by atoms with Crippen molar-refractivity contribution >= 4 is 21.8 Å².